The number of nitrogens with zero attached hydrogens (tertiary/aromatic N) is 3. The molecule has 1 aliphatic rings. The van der Waals surface area contributed by atoms with Gasteiger partial charge < -0.3 is 0 Å². The summed E-state index contributed by atoms with van der Waals surface area (Å²) in [5.74, 6) is 0.196. The molecule has 0 saturated heterocycles. The van der Waals surface area contributed by atoms with Crippen LogP contribution in [0.15, 0.2) is 6.20 Å². The van der Waals surface area contributed by atoms with E-state index in [1.807, 2.05) is 20.2 Å². The van der Waals surface area contributed by atoms with Crippen LogP contribution in [-0.4, -0.2) is 20.5 Å². The first kappa shape index (κ1) is 9.72. The highest BCUT2D eigenvalue weighted by Gasteiger charge is 2.25. The Kier molecular flexibility index (Phi) is 1.97. The van der Waals surface area contributed by atoms with E-state index in [0.717, 1.165) is 33.3 Å². The molecular weight excluding hydrogens is 222 g/mol. The summed E-state index contributed by atoms with van der Waals surface area (Å²) in [5, 5.41) is 5.32. The van der Waals surface area contributed by atoms with Gasteiger partial charge in [0.05, 0.1) is 21.3 Å². The van der Waals surface area contributed by atoms with Crippen LogP contribution in [0.25, 0.3) is 11.3 Å². The Morgan fingerprint density at radius 3 is 3.06 bits per heavy atom. The molecular formula is C11H11N3OS. The minimum Gasteiger partial charge on any atom is -0.293 e. The minimum absolute atomic E-state index is 0.196. The third-order valence-electron chi connectivity index (χ3n) is 2.74. The molecule has 0 atom stereocenters. The number of Topliss-reactive ketones (excluding diaryl/α,β-unsaturated/α-hetero) is 1. The van der Waals surface area contributed by atoms with Gasteiger partial charge >= 0.3 is 0 Å². The van der Waals surface area contributed by atoms with Crippen molar-refractivity contribution >= 4 is 17.1 Å². The summed E-state index contributed by atoms with van der Waals surface area (Å²) < 4.78 is 1.79. The SMILES string of the molecule is Cc1nc2c(s1)C(=O)CCc1nn(C)cc1-2. The van der Waals surface area contributed by atoms with E-state index >= 15 is 0 Å². The molecule has 0 amide bonds. The Morgan fingerprint density at radius 2 is 2.25 bits per heavy atom. The van der Waals surface area contributed by atoms with E-state index in [0.29, 0.717) is 6.42 Å². The lowest BCUT2D eigenvalue weighted by molar-refractivity contribution is 0.0987. The predicted octanol–water partition coefficient (Wildman–Crippen LogP) is 1.98. The molecule has 0 fully saturated rings. The quantitative estimate of drug-likeness (QED) is 0.699. The summed E-state index contributed by atoms with van der Waals surface area (Å²) in [6.45, 7) is 1.93. The molecule has 16 heavy (non-hydrogen) atoms. The number of aromatic nitrogens is 3. The average molecular weight is 233 g/mol. The van der Waals surface area contributed by atoms with Crippen molar-refractivity contribution in [3.05, 3.63) is 21.8 Å². The fraction of sp³-hybridized carbons (Fsp3) is 0.364. The summed E-state index contributed by atoms with van der Waals surface area (Å²) in [4.78, 5) is 17.2. The van der Waals surface area contributed by atoms with Gasteiger partial charge in [0.15, 0.2) is 5.78 Å². The van der Waals surface area contributed by atoms with Crippen LogP contribution in [0.3, 0.4) is 0 Å². The zero-order valence-electron chi connectivity index (χ0n) is 9.15. The molecule has 0 bridgehead atoms. The highest BCUT2D eigenvalue weighted by molar-refractivity contribution is 7.14. The van der Waals surface area contributed by atoms with Crippen LogP contribution in [0.2, 0.25) is 0 Å². The summed E-state index contributed by atoms with van der Waals surface area (Å²) in [5.41, 5.74) is 2.83. The summed E-state index contributed by atoms with van der Waals surface area (Å²) in [6.07, 6.45) is 3.21. The third-order valence-corrected chi connectivity index (χ3v) is 3.75. The van der Waals surface area contributed by atoms with Crippen molar-refractivity contribution < 1.29 is 4.79 Å². The lowest BCUT2D eigenvalue weighted by atomic mass is 10.2. The van der Waals surface area contributed by atoms with Crippen molar-refractivity contribution in [2.45, 2.75) is 19.8 Å². The van der Waals surface area contributed by atoms with Crippen molar-refractivity contribution in [2.24, 2.45) is 7.05 Å². The zero-order valence-corrected chi connectivity index (χ0v) is 9.97. The molecule has 0 aromatic carbocycles. The van der Waals surface area contributed by atoms with Crippen LogP contribution >= 0.6 is 11.3 Å². The maximum atomic E-state index is 11.9. The van der Waals surface area contributed by atoms with E-state index in [2.05, 4.69) is 10.1 Å². The summed E-state index contributed by atoms with van der Waals surface area (Å²) in [6, 6.07) is 0. The second-order valence-electron chi connectivity index (χ2n) is 4.00. The van der Waals surface area contributed by atoms with E-state index in [4.69, 9.17) is 0 Å². The number of rotatable bonds is 0. The van der Waals surface area contributed by atoms with Gasteiger partial charge in [-0.3, -0.25) is 9.48 Å². The smallest absolute Gasteiger partial charge is 0.175 e. The molecule has 3 rings (SSSR count). The van der Waals surface area contributed by atoms with Gasteiger partial charge in [0.1, 0.15) is 0 Å². The van der Waals surface area contributed by atoms with E-state index in [1.54, 1.807) is 4.68 Å². The molecule has 0 unspecified atom stereocenters. The fourth-order valence-electron chi connectivity index (χ4n) is 2.06. The van der Waals surface area contributed by atoms with Crippen LogP contribution in [0.4, 0.5) is 0 Å². The van der Waals surface area contributed by atoms with Crippen molar-refractivity contribution in [2.75, 3.05) is 0 Å². The molecule has 0 radical (unpaired) electrons. The number of hydrogen-bond acceptors (Lipinski definition) is 4. The number of carbonyl (C=O) groups excluding carboxylic acids is 1. The van der Waals surface area contributed by atoms with Crippen LogP contribution in [0, 0.1) is 6.92 Å². The molecule has 4 nitrogen and oxygen atoms in total. The molecule has 0 saturated carbocycles. The standard InChI is InChI=1S/C11H11N3OS/c1-6-12-10-7-5-14(2)13-8(7)3-4-9(15)11(10)16-6/h5H,3-4H2,1-2H3. The van der Waals surface area contributed by atoms with Gasteiger partial charge in [-0.25, -0.2) is 4.98 Å². The average Bonchev–Trinajstić information content (AvgIpc) is 2.75. The van der Waals surface area contributed by atoms with Crippen LogP contribution < -0.4 is 0 Å². The first-order chi connectivity index (χ1) is 7.65. The summed E-state index contributed by atoms with van der Waals surface area (Å²) in [7, 11) is 1.90. The molecule has 0 aliphatic heterocycles. The molecule has 1 aliphatic carbocycles. The molecule has 82 valence electrons. The Hall–Kier alpha value is -1.49. The van der Waals surface area contributed by atoms with Gasteiger partial charge in [-0.1, -0.05) is 0 Å². The normalized spacial score (nSPS) is 14.5. The summed E-state index contributed by atoms with van der Waals surface area (Å²) >= 11 is 1.49. The van der Waals surface area contributed by atoms with Crippen LogP contribution in [0.5, 0.6) is 0 Å². The molecule has 2 aromatic heterocycles. The van der Waals surface area contributed by atoms with E-state index in [9.17, 15) is 4.79 Å². The molecule has 0 spiro atoms. The maximum Gasteiger partial charge on any atom is 0.175 e. The predicted molar refractivity (Wildman–Crippen MR) is 61.7 cm³/mol. The number of hydrogen-bond donors (Lipinski definition) is 0. The molecule has 0 N–H and O–H groups in total. The largest absolute Gasteiger partial charge is 0.293 e. The second kappa shape index (κ2) is 3.25. The number of fused-ring (bicyclic) bond motifs is 3. The van der Waals surface area contributed by atoms with Gasteiger partial charge in [0.2, 0.25) is 0 Å². The zero-order chi connectivity index (χ0) is 11.3. The topological polar surface area (TPSA) is 47.8 Å². The number of aryl methyl sites for hydroxylation is 3. The van der Waals surface area contributed by atoms with Gasteiger partial charge in [-0.2, -0.15) is 5.10 Å². The first-order valence-corrected chi connectivity index (χ1v) is 6.00. The highest BCUT2D eigenvalue weighted by Crippen LogP contribution is 2.34. The molecule has 2 aromatic rings. The van der Waals surface area contributed by atoms with Gasteiger partial charge in [-0.15, -0.1) is 11.3 Å². The van der Waals surface area contributed by atoms with E-state index < -0.39 is 0 Å². The van der Waals surface area contributed by atoms with Crippen molar-refractivity contribution in [1.29, 1.82) is 0 Å². The van der Waals surface area contributed by atoms with E-state index in [-0.39, 0.29) is 5.78 Å². The number of thiazole rings is 1. The monoisotopic (exact) mass is 233 g/mol. The lowest BCUT2D eigenvalue weighted by Gasteiger charge is -1.93. The van der Waals surface area contributed by atoms with Crippen molar-refractivity contribution in [1.82, 2.24) is 14.8 Å². The number of ketones is 1. The Labute approximate surface area is 96.9 Å². The number of carbonyl (C=O) groups is 1. The minimum atomic E-state index is 0.196. The highest BCUT2D eigenvalue weighted by atomic mass is 32.1. The van der Waals surface area contributed by atoms with Gasteiger partial charge in [0, 0.05) is 25.2 Å². The van der Waals surface area contributed by atoms with Crippen molar-refractivity contribution in [3.63, 3.8) is 0 Å². The Balaban J connectivity index is 2.30. The molecule has 2 heterocycles. The van der Waals surface area contributed by atoms with Crippen molar-refractivity contribution in [3.8, 4) is 11.3 Å². The second-order valence-corrected chi connectivity index (χ2v) is 5.20. The Bertz CT molecular complexity index is 582. The molecule has 5 heteroatoms. The fourth-order valence-corrected chi connectivity index (χ4v) is 2.96. The van der Waals surface area contributed by atoms with Gasteiger partial charge in [-0.05, 0) is 13.3 Å². The van der Waals surface area contributed by atoms with E-state index in [1.165, 1.54) is 11.3 Å². The lowest BCUT2D eigenvalue weighted by Crippen LogP contribution is -1.98. The Morgan fingerprint density at radius 1 is 1.44 bits per heavy atom. The van der Waals surface area contributed by atoms with Crippen LogP contribution in [-0.2, 0) is 13.5 Å². The first-order valence-electron chi connectivity index (χ1n) is 5.18. The van der Waals surface area contributed by atoms with Gasteiger partial charge in [0.25, 0.3) is 0 Å². The van der Waals surface area contributed by atoms with Crippen LogP contribution in [0.1, 0.15) is 26.8 Å². The maximum absolute atomic E-state index is 11.9. The third kappa shape index (κ3) is 1.31.